The number of piperidine rings is 1. The summed E-state index contributed by atoms with van der Waals surface area (Å²) in [6.45, 7) is 4.64. The summed E-state index contributed by atoms with van der Waals surface area (Å²) in [5, 5.41) is 10.6. The smallest absolute Gasteiger partial charge is 0.245 e. The maximum Gasteiger partial charge on any atom is 0.245 e. The van der Waals surface area contributed by atoms with Gasteiger partial charge in [0.1, 0.15) is 23.7 Å². The van der Waals surface area contributed by atoms with Crippen molar-refractivity contribution in [2.45, 2.75) is 75.2 Å². The average molecular weight is 817 g/mol. The molecule has 2 amide bonds. The lowest BCUT2D eigenvalue weighted by Crippen LogP contribution is -2.49. The number of likely N-dealkylation sites (tertiary alicyclic amines) is 3. The number of nitrogens with zero attached hydrogens (tertiary/aromatic N) is 6. The van der Waals surface area contributed by atoms with Crippen LogP contribution in [0.5, 0.6) is 0 Å². The Kier molecular flexibility index (Phi) is 11.5. The number of hydrogen-bond acceptors (Lipinski definition) is 7. The van der Waals surface area contributed by atoms with E-state index in [-0.39, 0.29) is 29.9 Å². The molecule has 6 aromatic rings. The number of amides is 2. The first kappa shape index (κ1) is 40.5. The van der Waals surface area contributed by atoms with Gasteiger partial charge >= 0.3 is 0 Å². The van der Waals surface area contributed by atoms with Crippen molar-refractivity contribution in [2.75, 3.05) is 40.3 Å². The molecule has 11 nitrogen and oxygen atoms in total. The van der Waals surface area contributed by atoms with Gasteiger partial charge in [-0.1, -0.05) is 109 Å². The van der Waals surface area contributed by atoms with E-state index in [1.54, 1.807) is 0 Å². The molecule has 11 heteroatoms. The van der Waals surface area contributed by atoms with Gasteiger partial charge in [-0.25, -0.2) is 9.97 Å². The molecule has 3 aliphatic rings. The molecule has 0 spiro atoms. The molecule has 0 radical (unpaired) electrons. The summed E-state index contributed by atoms with van der Waals surface area (Å²) in [7, 11) is 3.92. The summed E-state index contributed by atoms with van der Waals surface area (Å²) < 4.78 is 0. The summed E-state index contributed by atoms with van der Waals surface area (Å²) in [5.41, 5.74) is 7.41. The predicted octanol–water partition coefficient (Wildman–Crippen LogP) is 8.35. The Hall–Kier alpha value is -5.88. The fourth-order valence-corrected chi connectivity index (χ4v) is 9.64. The highest BCUT2D eigenvalue weighted by molar-refractivity contribution is 5.85. The third-order valence-electron chi connectivity index (χ3n) is 13.1. The number of likely N-dealkylation sites (N-methyl/N-ethyl adjacent to an activating group) is 1. The van der Waals surface area contributed by atoms with Crippen LogP contribution in [0.4, 0.5) is 0 Å². The molecule has 3 aliphatic heterocycles. The highest BCUT2D eigenvalue weighted by Crippen LogP contribution is 2.38. The lowest BCUT2D eigenvalue weighted by Gasteiger charge is -2.41. The van der Waals surface area contributed by atoms with Crippen molar-refractivity contribution < 1.29 is 14.7 Å². The first-order valence-corrected chi connectivity index (χ1v) is 21.8. The molecule has 0 saturated carbocycles. The Morgan fingerprint density at radius 3 is 1.56 bits per heavy atom. The molecule has 4 aromatic carbocycles. The van der Waals surface area contributed by atoms with Crippen LogP contribution in [0.3, 0.4) is 0 Å². The summed E-state index contributed by atoms with van der Waals surface area (Å²) in [6.07, 6.45) is 8.64. The van der Waals surface area contributed by atoms with E-state index >= 15 is 0 Å². The van der Waals surface area contributed by atoms with Crippen LogP contribution in [0.2, 0.25) is 0 Å². The number of aromatic nitrogens is 4. The van der Waals surface area contributed by atoms with Crippen LogP contribution >= 0.6 is 0 Å². The summed E-state index contributed by atoms with van der Waals surface area (Å²) >= 11 is 0. The number of nitrogens with one attached hydrogen (secondary N) is 2. The SMILES string of the molecule is CN(C)[C@@H](C(=O)N1CCC[C@H]1c1ncc(-c2ccc(-c3ccc(-c4cnc([C@@H]5CCCN5C(=O)[C@@H](c5ccccc5)N5CCC(C)(O)CC5)[nH]4)cc3)cc2)[nH]1)c1ccccc1. The second kappa shape index (κ2) is 17.2. The lowest BCUT2D eigenvalue weighted by atomic mass is 9.91. The molecule has 3 saturated heterocycles. The number of carbonyl (C=O) groups is 2. The number of benzene rings is 4. The van der Waals surface area contributed by atoms with Gasteiger partial charge in [0.25, 0.3) is 0 Å². The van der Waals surface area contributed by atoms with Crippen LogP contribution in [0, 0.1) is 0 Å². The number of rotatable bonds is 11. The summed E-state index contributed by atoms with van der Waals surface area (Å²) in [6, 6.07) is 36.1. The number of carbonyl (C=O) groups excluding carboxylic acids is 2. The molecular formula is C50H56N8O3. The van der Waals surface area contributed by atoms with Crippen LogP contribution in [-0.4, -0.2) is 102 Å². The van der Waals surface area contributed by atoms with Crippen molar-refractivity contribution in [3.8, 4) is 33.6 Å². The Morgan fingerprint density at radius 1 is 0.639 bits per heavy atom. The van der Waals surface area contributed by atoms with E-state index in [1.165, 1.54) is 0 Å². The Bertz CT molecular complexity index is 2420. The summed E-state index contributed by atoms with van der Waals surface area (Å²) in [4.78, 5) is 53.4. The number of hydrogen-bond donors (Lipinski definition) is 3. The largest absolute Gasteiger partial charge is 0.390 e. The zero-order valence-corrected chi connectivity index (χ0v) is 35.4. The highest BCUT2D eigenvalue weighted by Gasteiger charge is 2.41. The normalized spacial score (nSPS) is 20.3. The third kappa shape index (κ3) is 8.42. The van der Waals surface area contributed by atoms with E-state index in [9.17, 15) is 14.7 Å². The van der Waals surface area contributed by atoms with Crippen molar-refractivity contribution >= 4 is 11.8 Å². The molecular weight excluding hydrogens is 761 g/mol. The molecule has 4 atom stereocenters. The quantitative estimate of drug-likeness (QED) is 0.120. The van der Waals surface area contributed by atoms with E-state index in [1.807, 2.05) is 109 Å². The Labute approximate surface area is 358 Å². The average Bonchev–Trinajstić information content (AvgIpc) is 4.13. The molecule has 3 N–H and O–H groups in total. The summed E-state index contributed by atoms with van der Waals surface area (Å²) in [5.74, 6) is 1.84. The molecule has 3 fully saturated rings. The van der Waals surface area contributed by atoms with Gasteiger partial charge in [0.15, 0.2) is 0 Å². The highest BCUT2D eigenvalue weighted by atomic mass is 16.3. The minimum Gasteiger partial charge on any atom is -0.390 e. The maximum absolute atomic E-state index is 14.5. The third-order valence-corrected chi connectivity index (χ3v) is 13.1. The van der Waals surface area contributed by atoms with E-state index in [2.05, 4.69) is 63.4 Å². The molecule has 2 aromatic heterocycles. The zero-order valence-electron chi connectivity index (χ0n) is 35.4. The topological polar surface area (TPSA) is 125 Å². The monoisotopic (exact) mass is 816 g/mol. The van der Waals surface area contributed by atoms with Crippen molar-refractivity contribution in [1.82, 2.24) is 39.5 Å². The van der Waals surface area contributed by atoms with Gasteiger partial charge in [-0.3, -0.25) is 19.4 Å². The van der Waals surface area contributed by atoms with Gasteiger partial charge in [0.2, 0.25) is 11.8 Å². The molecule has 0 aliphatic carbocycles. The van der Waals surface area contributed by atoms with Gasteiger partial charge in [-0.05, 0) is 92.9 Å². The maximum atomic E-state index is 14.5. The molecule has 61 heavy (non-hydrogen) atoms. The van der Waals surface area contributed by atoms with E-state index in [4.69, 9.17) is 9.97 Å². The number of H-pyrrole nitrogens is 2. The van der Waals surface area contributed by atoms with Gasteiger partial charge < -0.3 is 24.9 Å². The fourth-order valence-electron chi connectivity index (χ4n) is 9.64. The first-order valence-electron chi connectivity index (χ1n) is 21.8. The van der Waals surface area contributed by atoms with Crippen LogP contribution in [0.15, 0.2) is 122 Å². The van der Waals surface area contributed by atoms with E-state index < -0.39 is 11.6 Å². The number of aliphatic hydroxyl groups is 1. The minimum atomic E-state index is -0.695. The second-order valence-electron chi connectivity index (χ2n) is 17.5. The fraction of sp³-hybridized carbons (Fsp3) is 0.360. The van der Waals surface area contributed by atoms with Gasteiger partial charge in [0.05, 0.1) is 41.5 Å². The van der Waals surface area contributed by atoms with Crippen LogP contribution in [0.25, 0.3) is 33.6 Å². The lowest BCUT2D eigenvalue weighted by molar-refractivity contribution is -0.140. The van der Waals surface area contributed by atoms with Crippen molar-refractivity contribution in [1.29, 1.82) is 0 Å². The molecule has 0 unspecified atom stereocenters. The van der Waals surface area contributed by atoms with Crippen molar-refractivity contribution in [3.05, 3.63) is 144 Å². The number of imidazole rings is 2. The second-order valence-corrected chi connectivity index (χ2v) is 17.5. The standard InChI is InChI=1S/C50H56N8O3/c1-50(61)26-30-56(31-27-50)45(39-14-8-5-9-15-39)49(60)58-29-11-17-43(58)47-52-33-41(54-47)37-24-20-35(21-25-37)34-18-22-36(23-19-34)40-32-51-46(53-40)42-16-10-28-57(42)48(59)44(55(2)3)38-12-6-4-7-13-38/h4-9,12-15,18-25,32-33,42-45,61H,10-11,16-17,26-31H2,1-3H3,(H,51,53)(H,52,54)/t42-,43-,44+,45+/m0/s1. The Balaban J connectivity index is 0.861. The van der Waals surface area contributed by atoms with Gasteiger partial charge in [-0.15, -0.1) is 0 Å². The van der Waals surface area contributed by atoms with Crippen LogP contribution < -0.4 is 0 Å². The van der Waals surface area contributed by atoms with Crippen LogP contribution in [0.1, 0.15) is 92.4 Å². The molecule has 0 bridgehead atoms. The number of aromatic amines is 2. The Morgan fingerprint density at radius 2 is 1.08 bits per heavy atom. The molecule has 314 valence electrons. The minimum absolute atomic E-state index is 0.0901. The molecule has 9 rings (SSSR count). The van der Waals surface area contributed by atoms with Crippen molar-refractivity contribution in [3.63, 3.8) is 0 Å². The van der Waals surface area contributed by atoms with E-state index in [0.717, 1.165) is 82.1 Å². The van der Waals surface area contributed by atoms with Gasteiger partial charge in [0, 0.05) is 26.2 Å². The zero-order chi connectivity index (χ0) is 42.1. The van der Waals surface area contributed by atoms with Crippen LogP contribution in [-0.2, 0) is 9.59 Å². The molecule has 5 heterocycles. The predicted molar refractivity (Wildman–Crippen MR) is 238 cm³/mol. The van der Waals surface area contributed by atoms with Gasteiger partial charge in [-0.2, -0.15) is 0 Å². The first-order chi connectivity index (χ1) is 29.6. The van der Waals surface area contributed by atoms with Crippen molar-refractivity contribution in [2.24, 2.45) is 0 Å². The van der Waals surface area contributed by atoms with E-state index in [0.29, 0.717) is 39.0 Å².